The summed E-state index contributed by atoms with van der Waals surface area (Å²) in [6.07, 6.45) is 0. The topological polar surface area (TPSA) is 25.2 Å². The molecule has 0 aliphatic carbocycles. The fraction of sp³-hybridized carbons (Fsp3) is 0.375. The Labute approximate surface area is 117 Å². The first-order valence-corrected chi connectivity index (χ1v) is 6.70. The van der Waals surface area contributed by atoms with Crippen LogP contribution in [0, 0.1) is 32.4 Å². The normalized spacial score (nSPS) is 12.7. The molecule has 0 bridgehead atoms. The number of halogens is 2. The van der Waals surface area contributed by atoms with Crippen molar-refractivity contribution in [2.75, 3.05) is 6.54 Å². The minimum absolute atomic E-state index is 0.335. The van der Waals surface area contributed by atoms with Crippen molar-refractivity contribution in [3.63, 3.8) is 0 Å². The highest BCUT2D eigenvalue weighted by molar-refractivity contribution is 5.41. The van der Waals surface area contributed by atoms with E-state index >= 15 is 0 Å². The van der Waals surface area contributed by atoms with Crippen LogP contribution in [0.1, 0.15) is 41.2 Å². The van der Waals surface area contributed by atoms with E-state index in [9.17, 15) is 8.78 Å². The minimum Gasteiger partial charge on any atom is -0.466 e. The van der Waals surface area contributed by atoms with Crippen LogP contribution in [0.15, 0.2) is 22.6 Å². The molecule has 0 aliphatic heterocycles. The molecule has 0 amide bonds. The SMILES string of the molecule is CCNC(c1ccc(F)cc1F)c1c(C)oc(C)c1C. The van der Waals surface area contributed by atoms with Gasteiger partial charge in [0.25, 0.3) is 0 Å². The van der Waals surface area contributed by atoms with E-state index in [1.165, 1.54) is 12.1 Å². The summed E-state index contributed by atoms with van der Waals surface area (Å²) in [6.45, 7) is 8.32. The lowest BCUT2D eigenvalue weighted by Crippen LogP contribution is -2.24. The van der Waals surface area contributed by atoms with Crippen LogP contribution in [-0.2, 0) is 0 Å². The Bertz CT molecular complexity index is 619. The van der Waals surface area contributed by atoms with E-state index in [0.29, 0.717) is 12.1 Å². The highest BCUT2D eigenvalue weighted by Crippen LogP contribution is 2.32. The van der Waals surface area contributed by atoms with Gasteiger partial charge in [0.2, 0.25) is 0 Å². The van der Waals surface area contributed by atoms with Crippen LogP contribution in [0.5, 0.6) is 0 Å². The number of nitrogens with one attached hydrogen (secondary N) is 1. The molecule has 1 aromatic carbocycles. The van der Waals surface area contributed by atoms with E-state index in [1.807, 2.05) is 27.7 Å². The first kappa shape index (κ1) is 14.7. The number of hydrogen-bond donors (Lipinski definition) is 1. The Kier molecular flexibility index (Phi) is 4.23. The van der Waals surface area contributed by atoms with Gasteiger partial charge >= 0.3 is 0 Å². The molecule has 108 valence electrons. The average Bonchev–Trinajstić information content (AvgIpc) is 2.62. The number of benzene rings is 1. The quantitative estimate of drug-likeness (QED) is 0.908. The van der Waals surface area contributed by atoms with Crippen LogP contribution >= 0.6 is 0 Å². The van der Waals surface area contributed by atoms with E-state index in [2.05, 4.69) is 5.32 Å². The van der Waals surface area contributed by atoms with Crippen LogP contribution in [0.25, 0.3) is 0 Å². The summed E-state index contributed by atoms with van der Waals surface area (Å²) >= 11 is 0. The second kappa shape index (κ2) is 5.75. The molecule has 2 rings (SSSR count). The number of aryl methyl sites for hydroxylation is 2. The zero-order chi connectivity index (χ0) is 14.9. The molecule has 2 aromatic rings. The summed E-state index contributed by atoms with van der Waals surface area (Å²) in [5.74, 6) is 0.463. The summed E-state index contributed by atoms with van der Waals surface area (Å²) in [6, 6.07) is 3.34. The lowest BCUT2D eigenvalue weighted by Gasteiger charge is -2.20. The lowest BCUT2D eigenvalue weighted by molar-refractivity contribution is 0.490. The molecule has 0 saturated carbocycles. The molecular weight excluding hydrogens is 260 g/mol. The van der Waals surface area contributed by atoms with Gasteiger partial charge < -0.3 is 9.73 Å². The van der Waals surface area contributed by atoms with Crippen molar-refractivity contribution < 1.29 is 13.2 Å². The average molecular weight is 279 g/mol. The predicted octanol–water partition coefficient (Wildman–Crippen LogP) is 4.18. The Balaban J connectivity index is 2.56. The Hall–Kier alpha value is -1.68. The maximum atomic E-state index is 14.1. The molecule has 0 saturated heterocycles. The first-order valence-electron chi connectivity index (χ1n) is 6.70. The fourth-order valence-corrected chi connectivity index (χ4v) is 2.54. The van der Waals surface area contributed by atoms with Gasteiger partial charge in [-0.15, -0.1) is 0 Å². The van der Waals surface area contributed by atoms with Gasteiger partial charge in [-0.2, -0.15) is 0 Å². The van der Waals surface area contributed by atoms with Gasteiger partial charge in [0.05, 0.1) is 6.04 Å². The zero-order valence-electron chi connectivity index (χ0n) is 12.2. The van der Waals surface area contributed by atoms with Crippen molar-refractivity contribution in [1.82, 2.24) is 5.32 Å². The Morgan fingerprint density at radius 1 is 1.15 bits per heavy atom. The number of rotatable bonds is 4. The molecule has 0 aliphatic rings. The smallest absolute Gasteiger partial charge is 0.131 e. The molecular formula is C16H19F2NO. The molecule has 1 heterocycles. The van der Waals surface area contributed by atoms with Crippen molar-refractivity contribution in [2.45, 2.75) is 33.7 Å². The van der Waals surface area contributed by atoms with Gasteiger partial charge in [-0.1, -0.05) is 13.0 Å². The summed E-state index contributed by atoms with van der Waals surface area (Å²) in [7, 11) is 0. The van der Waals surface area contributed by atoms with Crippen molar-refractivity contribution in [3.05, 3.63) is 58.0 Å². The van der Waals surface area contributed by atoms with Gasteiger partial charge in [-0.05, 0) is 38.9 Å². The first-order chi connectivity index (χ1) is 9.45. The maximum Gasteiger partial charge on any atom is 0.131 e. The third kappa shape index (κ3) is 2.61. The molecule has 1 N–H and O–H groups in total. The van der Waals surface area contributed by atoms with E-state index in [1.54, 1.807) is 0 Å². The van der Waals surface area contributed by atoms with Gasteiger partial charge in [0.1, 0.15) is 23.2 Å². The van der Waals surface area contributed by atoms with Crippen LogP contribution in [0.4, 0.5) is 8.78 Å². The molecule has 0 radical (unpaired) electrons. The van der Waals surface area contributed by atoms with Crippen LogP contribution < -0.4 is 5.32 Å². The van der Waals surface area contributed by atoms with Gasteiger partial charge in [0.15, 0.2) is 0 Å². The monoisotopic (exact) mass is 279 g/mol. The molecule has 0 spiro atoms. The van der Waals surface area contributed by atoms with E-state index in [0.717, 1.165) is 28.7 Å². The van der Waals surface area contributed by atoms with Crippen LogP contribution in [-0.4, -0.2) is 6.54 Å². The third-order valence-corrected chi connectivity index (χ3v) is 3.59. The van der Waals surface area contributed by atoms with E-state index < -0.39 is 11.6 Å². The number of furan rings is 1. The summed E-state index contributed by atoms with van der Waals surface area (Å²) < 4.78 is 32.8. The van der Waals surface area contributed by atoms with Gasteiger partial charge in [0, 0.05) is 17.2 Å². The summed E-state index contributed by atoms with van der Waals surface area (Å²) in [5, 5.41) is 3.25. The summed E-state index contributed by atoms with van der Waals surface area (Å²) in [5.41, 5.74) is 2.35. The lowest BCUT2D eigenvalue weighted by atomic mass is 9.95. The molecule has 1 aromatic heterocycles. The molecule has 1 unspecified atom stereocenters. The highest BCUT2D eigenvalue weighted by Gasteiger charge is 2.24. The maximum absolute atomic E-state index is 14.1. The molecule has 20 heavy (non-hydrogen) atoms. The molecule has 1 atom stereocenters. The minimum atomic E-state index is -0.571. The van der Waals surface area contributed by atoms with E-state index in [4.69, 9.17) is 4.42 Å². The Morgan fingerprint density at radius 3 is 2.35 bits per heavy atom. The van der Waals surface area contributed by atoms with Crippen LogP contribution in [0.3, 0.4) is 0 Å². The fourth-order valence-electron chi connectivity index (χ4n) is 2.54. The van der Waals surface area contributed by atoms with Crippen molar-refractivity contribution >= 4 is 0 Å². The highest BCUT2D eigenvalue weighted by atomic mass is 19.1. The third-order valence-electron chi connectivity index (χ3n) is 3.59. The number of hydrogen-bond acceptors (Lipinski definition) is 2. The standard InChI is InChI=1S/C16H19F2NO/c1-5-19-16(13-7-6-12(17)8-14(13)18)15-9(2)10(3)20-11(15)4/h6-8,16,19H,5H2,1-4H3. The zero-order valence-corrected chi connectivity index (χ0v) is 12.2. The van der Waals surface area contributed by atoms with Crippen molar-refractivity contribution in [3.8, 4) is 0 Å². The molecule has 0 fully saturated rings. The second-order valence-corrected chi connectivity index (χ2v) is 4.91. The van der Waals surface area contributed by atoms with Crippen molar-refractivity contribution in [2.24, 2.45) is 0 Å². The predicted molar refractivity (Wildman–Crippen MR) is 74.8 cm³/mol. The second-order valence-electron chi connectivity index (χ2n) is 4.91. The van der Waals surface area contributed by atoms with Crippen molar-refractivity contribution in [1.29, 1.82) is 0 Å². The Morgan fingerprint density at radius 2 is 1.85 bits per heavy atom. The molecule has 2 nitrogen and oxygen atoms in total. The van der Waals surface area contributed by atoms with Gasteiger partial charge in [-0.3, -0.25) is 0 Å². The summed E-state index contributed by atoms with van der Waals surface area (Å²) in [4.78, 5) is 0. The van der Waals surface area contributed by atoms with Gasteiger partial charge in [-0.25, -0.2) is 8.78 Å². The largest absolute Gasteiger partial charge is 0.466 e. The van der Waals surface area contributed by atoms with E-state index in [-0.39, 0.29) is 6.04 Å². The van der Waals surface area contributed by atoms with Crippen LogP contribution in [0.2, 0.25) is 0 Å². The molecule has 4 heteroatoms.